The van der Waals surface area contributed by atoms with E-state index in [0.717, 1.165) is 42.5 Å². The van der Waals surface area contributed by atoms with Gasteiger partial charge in [-0.1, -0.05) is 0 Å². The second-order valence-electron chi connectivity index (χ2n) is 4.39. The lowest BCUT2D eigenvalue weighted by atomic mass is 10.3. The summed E-state index contributed by atoms with van der Waals surface area (Å²) in [6.07, 6.45) is 0. The van der Waals surface area contributed by atoms with Crippen LogP contribution in [0.2, 0.25) is 0 Å². The van der Waals surface area contributed by atoms with Crippen molar-refractivity contribution in [1.29, 1.82) is 0 Å². The fraction of sp³-hybridized carbons (Fsp3) is 0.0714. The van der Waals surface area contributed by atoms with E-state index in [0.29, 0.717) is 0 Å². The summed E-state index contributed by atoms with van der Waals surface area (Å²) >= 11 is 0. The molecule has 0 spiro atoms. The van der Waals surface area contributed by atoms with E-state index in [1.54, 1.807) is 0 Å². The number of anilines is 1. The summed E-state index contributed by atoms with van der Waals surface area (Å²) < 4.78 is 63.0. The van der Waals surface area contributed by atoms with E-state index in [2.05, 4.69) is 0 Å². The Bertz CT molecular complexity index is 805. The third-order valence-corrected chi connectivity index (χ3v) is 4.33. The van der Waals surface area contributed by atoms with E-state index in [4.69, 9.17) is 0 Å². The molecule has 0 heterocycles. The van der Waals surface area contributed by atoms with Gasteiger partial charge < -0.3 is 5.32 Å². The highest BCUT2D eigenvalue weighted by Crippen LogP contribution is 2.16. The molecule has 0 radical (unpaired) electrons. The van der Waals surface area contributed by atoms with Crippen LogP contribution in [0.1, 0.15) is 0 Å². The Morgan fingerprint density at radius 1 is 0.955 bits per heavy atom. The van der Waals surface area contributed by atoms with E-state index in [9.17, 15) is 26.4 Å². The maximum atomic E-state index is 13.4. The van der Waals surface area contributed by atoms with E-state index < -0.39 is 44.6 Å². The van der Waals surface area contributed by atoms with Crippen molar-refractivity contribution in [3.05, 3.63) is 59.9 Å². The number of nitrogens with one attached hydrogen (secondary N) is 1. The van der Waals surface area contributed by atoms with Crippen LogP contribution in [0.4, 0.5) is 18.9 Å². The van der Waals surface area contributed by atoms with Gasteiger partial charge >= 0.3 is 0 Å². The predicted octanol–water partition coefficient (Wildman–Crippen LogP) is 2.52. The van der Waals surface area contributed by atoms with Crippen LogP contribution in [0, 0.1) is 17.5 Å². The van der Waals surface area contributed by atoms with Crippen molar-refractivity contribution in [3.8, 4) is 0 Å². The maximum Gasteiger partial charge on any atom is 0.240 e. The number of benzene rings is 2. The SMILES string of the molecule is O=C(CS(=O)(=O)c1ccc(F)cc1)Nc1cc(F)ccc1F. The van der Waals surface area contributed by atoms with Gasteiger partial charge in [0.25, 0.3) is 0 Å². The molecule has 0 bridgehead atoms. The van der Waals surface area contributed by atoms with Crippen LogP contribution < -0.4 is 5.32 Å². The molecule has 4 nitrogen and oxygen atoms in total. The van der Waals surface area contributed by atoms with Crippen LogP contribution in [0.25, 0.3) is 0 Å². The number of hydrogen-bond donors (Lipinski definition) is 1. The maximum absolute atomic E-state index is 13.4. The van der Waals surface area contributed by atoms with Gasteiger partial charge in [-0.25, -0.2) is 21.6 Å². The van der Waals surface area contributed by atoms with Crippen LogP contribution >= 0.6 is 0 Å². The molecule has 2 rings (SSSR count). The lowest BCUT2D eigenvalue weighted by Crippen LogP contribution is -2.23. The van der Waals surface area contributed by atoms with Gasteiger partial charge in [-0.15, -0.1) is 0 Å². The van der Waals surface area contributed by atoms with Crippen molar-refractivity contribution in [2.75, 3.05) is 11.1 Å². The number of halogens is 3. The van der Waals surface area contributed by atoms with Crippen molar-refractivity contribution >= 4 is 21.4 Å². The van der Waals surface area contributed by atoms with Gasteiger partial charge in [-0.2, -0.15) is 0 Å². The largest absolute Gasteiger partial charge is 0.323 e. The number of sulfone groups is 1. The van der Waals surface area contributed by atoms with Gasteiger partial charge in [-0.3, -0.25) is 4.79 Å². The molecule has 0 saturated heterocycles. The monoisotopic (exact) mass is 329 g/mol. The second kappa shape index (κ2) is 6.18. The van der Waals surface area contributed by atoms with Gasteiger partial charge in [-0.05, 0) is 36.4 Å². The Hall–Kier alpha value is -2.35. The normalized spacial score (nSPS) is 11.2. The molecule has 0 fully saturated rings. The molecule has 0 aliphatic heterocycles. The average molecular weight is 329 g/mol. The van der Waals surface area contributed by atoms with Gasteiger partial charge in [0.1, 0.15) is 23.2 Å². The summed E-state index contributed by atoms with van der Waals surface area (Å²) in [4.78, 5) is 11.4. The van der Waals surface area contributed by atoms with E-state index >= 15 is 0 Å². The zero-order valence-electron chi connectivity index (χ0n) is 11.0. The first-order valence-corrected chi connectivity index (χ1v) is 7.66. The van der Waals surface area contributed by atoms with E-state index in [1.807, 2.05) is 5.32 Å². The molecule has 8 heteroatoms. The smallest absolute Gasteiger partial charge is 0.240 e. The van der Waals surface area contributed by atoms with E-state index in [1.165, 1.54) is 0 Å². The number of rotatable bonds is 4. The quantitative estimate of drug-likeness (QED) is 0.877. The topological polar surface area (TPSA) is 63.2 Å². The van der Waals surface area contributed by atoms with Gasteiger partial charge in [0.05, 0.1) is 10.6 Å². The molecule has 0 aliphatic carbocycles. The number of carbonyl (C=O) groups is 1. The molecular weight excluding hydrogens is 319 g/mol. The predicted molar refractivity (Wildman–Crippen MR) is 73.4 cm³/mol. The molecule has 2 aromatic carbocycles. The number of amides is 1. The van der Waals surface area contributed by atoms with Crippen molar-refractivity contribution in [3.63, 3.8) is 0 Å². The highest BCUT2D eigenvalue weighted by molar-refractivity contribution is 7.92. The van der Waals surface area contributed by atoms with Crippen molar-refractivity contribution < 1.29 is 26.4 Å². The molecule has 2 aromatic rings. The summed E-state index contributed by atoms with van der Waals surface area (Å²) in [5, 5.41) is 1.98. The van der Waals surface area contributed by atoms with E-state index in [-0.39, 0.29) is 4.90 Å². The summed E-state index contributed by atoms with van der Waals surface area (Å²) in [6, 6.07) is 6.31. The number of hydrogen-bond acceptors (Lipinski definition) is 3. The Kier molecular flexibility index (Phi) is 4.51. The fourth-order valence-corrected chi connectivity index (χ4v) is 2.81. The van der Waals surface area contributed by atoms with Crippen molar-refractivity contribution in [2.45, 2.75) is 4.90 Å². The lowest BCUT2D eigenvalue weighted by molar-refractivity contribution is -0.113. The second-order valence-corrected chi connectivity index (χ2v) is 6.37. The molecule has 1 N–H and O–H groups in total. The van der Waals surface area contributed by atoms with Crippen molar-refractivity contribution in [2.24, 2.45) is 0 Å². The third-order valence-electron chi connectivity index (χ3n) is 2.70. The first-order chi connectivity index (χ1) is 10.3. The fourth-order valence-electron chi connectivity index (χ4n) is 1.68. The Balaban J connectivity index is 2.14. The zero-order chi connectivity index (χ0) is 16.3. The molecule has 0 aromatic heterocycles. The van der Waals surface area contributed by atoms with Crippen LogP contribution in [0.3, 0.4) is 0 Å². The van der Waals surface area contributed by atoms with Gasteiger partial charge in [0.2, 0.25) is 5.91 Å². The minimum atomic E-state index is -4.01. The van der Waals surface area contributed by atoms with Crippen LogP contribution in [-0.4, -0.2) is 20.1 Å². The molecule has 22 heavy (non-hydrogen) atoms. The highest BCUT2D eigenvalue weighted by Gasteiger charge is 2.20. The molecule has 116 valence electrons. The minimum Gasteiger partial charge on any atom is -0.323 e. The van der Waals surface area contributed by atoms with Crippen LogP contribution in [-0.2, 0) is 14.6 Å². The lowest BCUT2D eigenvalue weighted by Gasteiger charge is -2.07. The molecule has 0 unspecified atom stereocenters. The van der Waals surface area contributed by atoms with Crippen molar-refractivity contribution in [1.82, 2.24) is 0 Å². The molecule has 0 saturated carbocycles. The third kappa shape index (κ3) is 3.85. The first-order valence-electron chi connectivity index (χ1n) is 6.01. The number of carbonyl (C=O) groups excluding carboxylic acids is 1. The summed E-state index contributed by atoms with van der Waals surface area (Å²) in [6.45, 7) is 0. The van der Waals surface area contributed by atoms with Crippen LogP contribution in [0.15, 0.2) is 47.4 Å². The summed E-state index contributed by atoms with van der Waals surface area (Å²) in [5.41, 5.74) is -0.459. The Labute approximate surface area is 124 Å². The molecule has 0 aliphatic rings. The Morgan fingerprint density at radius 2 is 1.55 bits per heavy atom. The van der Waals surface area contributed by atoms with Crippen LogP contribution in [0.5, 0.6) is 0 Å². The first kappa shape index (κ1) is 16.0. The van der Waals surface area contributed by atoms with Gasteiger partial charge in [0, 0.05) is 6.07 Å². The minimum absolute atomic E-state index is 0.247. The summed E-state index contributed by atoms with van der Waals surface area (Å²) in [5.74, 6) is -4.31. The standard InChI is InChI=1S/C14H10F3NO3S/c15-9-1-4-11(5-2-9)22(20,21)8-14(19)18-13-7-10(16)3-6-12(13)17/h1-7H,8H2,(H,18,19). The molecule has 1 amide bonds. The molecule has 0 atom stereocenters. The average Bonchev–Trinajstić information content (AvgIpc) is 2.42. The van der Waals surface area contributed by atoms with Gasteiger partial charge in [0.15, 0.2) is 9.84 Å². The Morgan fingerprint density at radius 3 is 2.18 bits per heavy atom. The highest BCUT2D eigenvalue weighted by atomic mass is 32.2. The summed E-state index contributed by atoms with van der Waals surface area (Å²) in [7, 11) is -4.01. The molecular formula is C14H10F3NO3S. The zero-order valence-corrected chi connectivity index (χ0v) is 11.8.